The molecule has 0 aromatic carbocycles. The van der Waals surface area contributed by atoms with Gasteiger partial charge in [-0.2, -0.15) is 0 Å². The summed E-state index contributed by atoms with van der Waals surface area (Å²) in [4.78, 5) is 4.04. The van der Waals surface area contributed by atoms with Gasteiger partial charge in [0.1, 0.15) is 0 Å². The summed E-state index contributed by atoms with van der Waals surface area (Å²) in [7, 11) is -2.98. The van der Waals surface area contributed by atoms with Crippen LogP contribution in [0.2, 0.25) is 0 Å². The molecule has 4 nitrogen and oxygen atoms in total. The Kier molecular flexibility index (Phi) is 5.16. The van der Waals surface area contributed by atoms with Gasteiger partial charge in [-0.15, -0.1) is 0 Å². The molecular weight excluding hydrogens is 272 g/mol. The minimum atomic E-state index is -2.98. The first-order valence-corrected chi connectivity index (χ1v) is 9.12. The van der Waals surface area contributed by atoms with Crippen LogP contribution in [0.1, 0.15) is 44.6 Å². The largest absolute Gasteiger partial charge is 0.312 e. The van der Waals surface area contributed by atoms with Crippen molar-refractivity contribution < 1.29 is 8.42 Å². The van der Waals surface area contributed by atoms with Crippen molar-refractivity contribution in [1.82, 2.24) is 10.3 Å². The van der Waals surface area contributed by atoms with Crippen molar-refractivity contribution in [3.05, 3.63) is 30.1 Å². The van der Waals surface area contributed by atoms with Gasteiger partial charge in [-0.3, -0.25) is 4.98 Å². The van der Waals surface area contributed by atoms with E-state index in [4.69, 9.17) is 0 Å². The van der Waals surface area contributed by atoms with Gasteiger partial charge in [-0.25, -0.2) is 8.42 Å². The molecule has 1 fully saturated rings. The number of nitrogens with zero attached hydrogens (tertiary/aromatic N) is 1. The zero-order chi connectivity index (χ0) is 14.6. The van der Waals surface area contributed by atoms with Gasteiger partial charge in [0.05, 0.1) is 11.0 Å². The molecule has 20 heavy (non-hydrogen) atoms. The first-order valence-electron chi connectivity index (χ1n) is 7.41. The lowest BCUT2D eigenvalue weighted by molar-refractivity contribution is 0.401. The molecule has 0 aliphatic carbocycles. The van der Waals surface area contributed by atoms with Crippen LogP contribution in [-0.4, -0.2) is 37.0 Å². The number of rotatable bonds is 5. The van der Waals surface area contributed by atoms with Gasteiger partial charge in [0.15, 0.2) is 9.84 Å². The fraction of sp³-hybridized carbons (Fsp3) is 0.667. The highest BCUT2D eigenvalue weighted by Gasteiger charge is 2.38. The van der Waals surface area contributed by atoms with E-state index in [-0.39, 0.29) is 17.2 Å². The smallest absolute Gasteiger partial charge is 0.154 e. The molecule has 0 spiro atoms. The standard InChI is InChI=1S/C15H24N2O2S/c1-3-17-15(12(2)13-7-9-16-10-8-13)14-6-4-5-11-20(14,18)19/h7-10,12,14-15,17H,3-6,11H2,1-2H3. The van der Waals surface area contributed by atoms with E-state index in [9.17, 15) is 8.42 Å². The summed E-state index contributed by atoms with van der Waals surface area (Å²) in [5, 5.41) is 3.14. The van der Waals surface area contributed by atoms with E-state index in [2.05, 4.69) is 17.2 Å². The summed E-state index contributed by atoms with van der Waals surface area (Å²) in [6, 6.07) is 3.93. The fourth-order valence-corrected chi connectivity index (χ4v) is 5.34. The minimum absolute atomic E-state index is 0.0206. The fourth-order valence-electron chi connectivity index (χ4n) is 3.12. The number of nitrogens with one attached hydrogen (secondary N) is 1. The second-order valence-corrected chi connectivity index (χ2v) is 7.89. The number of hydrogen-bond acceptors (Lipinski definition) is 4. The predicted octanol–water partition coefficient (Wildman–Crippen LogP) is 2.13. The number of pyridine rings is 1. The van der Waals surface area contributed by atoms with Gasteiger partial charge in [-0.05, 0) is 43.0 Å². The molecule has 0 radical (unpaired) electrons. The van der Waals surface area contributed by atoms with Gasteiger partial charge in [0, 0.05) is 18.4 Å². The lowest BCUT2D eigenvalue weighted by atomic mass is 9.89. The van der Waals surface area contributed by atoms with E-state index in [0.717, 1.165) is 31.4 Å². The average molecular weight is 296 g/mol. The SMILES string of the molecule is CCNC(C(C)c1ccncc1)C1CCCCS1(=O)=O. The van der Waals surface area contributed by atoms with Crippen molar-refractivity contribution in [3.63, 3.8) is 0 Å². The summed E-state index contributed by atoms with van der Waals surface area (Å²) in [6.07, 6.45) is 6.13. The van der Waals surface area contributed by atoms with Crippen molar-refractivity contribution in [2.45, 2.75) is 50.3 Å². The molecule has 0 saturated carbocycles. The van der Waals surface area contributed by atoms with E-state index < -0.39 is 9.84 Å². The molecule has 2 heterocycles. The van der Waals surface area contributed by atoms with Gasteiger partial charge in [0.25, 0.3) is 0 Å². The van der Waals surface area contributed by atoms with Crippen LogP contribution in [0.5, 0.6) is 0 Å². The molecule has 0 amide bonds. The van der Waals surface area contributed by atoms with E-state index in [1.165, 1.54) is 0 Å². The molecule has 0 bridgehead atoms. The highest BCUT2D eigenvalue weighted by atomic mass is 32.2. The molecule has 1 aromatic heterocycles. The zero-order valence-corrected chi connectivity index (χ0v) is 13.1. The Hall–Kier alpha value is -0.940. The Balaban J connectivity index is 2.26. The van der Waals surface area contributed by atoms with Crippen LogP contribution in [0, 0.1) is 0 Å². The van der Waals surface area contributed by atoms with Gasteiger partial charge < -0.3 is 5.32 Å². The number of sulfone groups is 1. The third kappa shape index (κ3) is 3.38. The van der Waals surface area contributed by atoms with Gasteiger partial charge in [0.2, 0.25) is 0 Å². The highest BCUT2D eigenvalue weighted by Crippen LogP contribution is 2.30. The second-order valence-electron chi connectivity index (χ2n) is 5.55. The quantitative estimate of drug-likeness (QED) is 0.904. The van der Waals surface area contributed by atoms with Crippen molar-refractivity contribution in [3.8, 4) is 0 Å². The normalized spacial score (nSPS) is 25.0. The molecule has 1 aliphatic rings. The summed E-state index contributed by atoms with van der Waals surface area (Å²) in [6.45, 7) is 4.92. The van der Waals surface area contributed by atoms with Crippen molar-refractivity contribution in [2.75, 3.05) is 12.3 Å². The molecule has 1 N–H and O–H groups in total. The van der Waals surface area contributed by atoms with Crippen LogP contribution in [0.4, 0.5) is 0 Å². The molecule has 2 rings (SSSR count). The number of hydrogen-bond donors (Lipinski definition) is 1. The molecule has 3 atom stereocenters. The number of aromatic nitrogens is 1. The van der Waals surface area contributed by atoms with Gasteiger partial charge in [-0.1, -0.05) is 20.3 Å². The van der Waals surface area contributed by atoms with Crippen LogP contribution in [0.25, 0.3) is 0 Å². The Morgan fingerprint density at radius 2 is 2.05 bits per heavy atom. The van der Waals surface area contributed by atoms with Crippen LogP contribution < -0.4 is 5.32 Å². The molecule has 1 saturated heterocycles. The summed E-state index contributed by atoms with van der Waals surface area (Å²) in [5.74, 6) is 0.499. The van der Waals surface area contributed by atoms with Crippen LogP contribution in [0.3, 0.4) is 0 Å². The third-order valence-electron chi connectivity index (χ3n) is 4.24. The molecule has 1 aromatic rings. The van der Waals surface area contributed by atoms with Crippen molar-refractivity contribution in [2.24, 2.45) is 0 Å². The zero-order valence-electron chi connectivity index (χ0n) is 12.2. The Morgan fingerprint density at radius 1 is 1.35 bits per heavy atom. The second kappa shape index (κ2) is 6.68. The summed E-state index contributed by atoms with van der Waals surface area (Å²) in [5.41, 5.74) is 1.15. The Bertz CT molecular complexity index is 516. The molecule has 3 unspecified atom stereocenters. The maximum absolute atomic E-state index is 12.4. The summed E-state index contributed by atoms with van der Waals surface area (Å²) < 4.78 is 24.8. The Morgan fingerprint density at radius 3 is 2.65 bits per heavy atom. The molecular formula is C15H24N2O2S. The van der Waals surface area contributed by atoms with Gasteiger partial charge >= 0.3 is 0 Å². The van der Waals surface area contributed by atoms with E-state index in [0.29, 0.717) is 5.75 Å². The maximum atomic E-state index is 12.4. The van der Waals surface area contributed by atoms with Crippen molar-refractivity contribution >= 4 is 9.84 Å². The van der Waals surface area contributed by atoms with E-state index >= 15 is 0 Å². The monoisotopic (exact) mass is 296 g/mol. The Labute approximate surface area is 121 Å². The maximum Gasteiger partial charge on any atom is 0.154 e. The summed E-state index contributed by atoms with van der Waals surface area (Å²) >= 11 is 0. The van der Waals surface area contributed by atoms with E-state index in [1.807, 2.05) is 19.1 Å². The molecule has 5 heteroatoms. The molecule has 112 valence electrons. The molecule has 1 aliphatic heterocycles. The minimum Gasteiger partial charge on any atom is -0.312 e. The average Bonchev–Trinajstić information content (AvgIpc) is 2.45. The third-order valence-corrected chi connectivity index (χ3v) is 6.55. The van der Waals surface area contributed by atoms with Crippen LogP contribution in [-0.2, 0) is 9.84 Å². The van der Waals surface area contributed by atoms with Crippen LogP contribution >= 0.6 is 0 Å². The topological polar surface area (TPSA) is 59.1 Å². The first kappa shape index (κ1) is 15.4. The van der Waals surface area contributed by atoms with E-state index in [1.54, 1.807) is 12.4 Å². The predicted molar refractivity (Wildman–Crippen MR) is 81.5 cm³/mol. The first-order chi connectivity index (χ1) is 9.56. The number of likely N-dealkylation sites (N-methyl/N-ethyl adjacent to an activating group) is 1. The van der Waals surface area contributed by atoms with Crippen LogP contribution in [0.15, 0.2) is 24.5 Å². The lowest BCUT2D eigenvalue weighted by Gasteiger charge is -2.34. The van der Waals surface area contributed by atoms with Crippen molar-refractivity contribution in [1.29, 1.82) is 0 Å². The highest BCUT2D eigenvalue weighted by molar-refractivity contribution is 7.92. The lowest BCUT2D eigenvalue weighted by Crippen LogP contribution is -2.49.